The number of phenolic OH excluding ortho intramolecular Hbond substituents is 1. The van der Waals surface area contributed by atoms with E-state index in [1.54, 1.807) is 17.0 Å². The molecule has 8 heteroatoms. The molecule has 1 aliphatic heterocycles. The molecule has 0 atom stereocenters. The molecule has 0 saturated carbocycles. The lowest BCUT2D eigenvalue weighted by molar-refractivity contribution is -0.274. The summed E-state index contributed by atoms with van der Waals surface area (Å²) in [6.07, 6.45) is -3.61. The normalized spacial score (nSPS) is 15.4. The number of alkyl halides is 3. The summed E-state index contributed by atoms with van der Waals surface area (Å²) in [7, 11) is 0. The van der Waals surface area contributed by atoms with Gasteiger partial charge in [0.2, 0.25) is 0 Å². The maximum Gasteiger partial charge on any atom is 0.573 e. The van der Waals surface area contributed by atoms with Crippen molar-refractivity contribution in [2.24, 2.45) is 0 Å². The maximum atomic E-state index is 12.4. The van der Waals surface area contributed by atoms with Gasteiger partial charge in [0.05, 0.1) is 0 Å². The summed E-state index contributed by atoms with van der Waals surface area (Å²) in [6.45, 7) is 1.03. The Morgan fingerprint density at radius 2 is 1.52 bits per heavy atom. The van der Waals surface area contributed by atoms with Gasteiger partial charge in [0.25, 0.3) is 5.91 Å². The lowest BCUT2D eigenvalue weighted by atomic mass is 10.1. The summed E-state index contributed by atoms with van der Waals surface area (Å²) in [5.74, 6) is 0.143. The first-order chi connectivity index (χ1) is 12.8. The van der Waals surface area contributed by atoms with E-state index >= 15 is 0 Å². The molecule has 1 fully saturated rings. The number of phenols is 1. The number of hydrogen-bond acceptors (Lipinski definition) is 4. The van der Waals surface area contributed by atoms with Crippen LogP contribution in [0.15, 0.2) is 48.5 Å². The van der Waals surface area contributed by atoms with Gasteiger partial charge in [-0.15, -0.1) is 13.2 Å². The quantitative estimate of drug-likeness (QED) is 0.871. The van der Waals surface area contributed by atoms with Crippen LogP contribution in [0.1, 0.15) is 23.2 Å². The number of aromatic hydroxyl groups is 1. The number of ether oxygens (including phenoxy) is 2. The number of amides is 1. The number of hydrogen-bond donors (Lipinski definition) is 1. The molecule has 0 spiro atoms. The number of piperidine rings is 1. The van der Waals surface area contributed by atoms with Crippen molar-refractivity contribution in [2.75, 3.05) is 13.1 Å². The molecule has 144 valence electrons. The second kappa shape index (κ2) is 7.77. The van der Waals surface area contributed by atoms with Crippen LogP contribution in [-0.2, 0) is 0 Å². The van der Waals surface area contributed by atoms with Gasteiger partial charge in [-0.25, -0.2) is 0 Å². The fraction of sp³-hybridized carbons (Fsp3) is 0.316. The van der Waals surface area contributed by atoms with E-state index < -0.39 is 6.36 Å². The van der Waals surface area contributed by atoms with Crippen molar-refractivity contribution >= 4 is 5.91 Å². The Morgan fingerprint density at radius 1 is 0.963 bits per heavy atom. The van der Waals surface area contributed by atoms with Crippen molar-refractivity contribution in [3.63, 3.8) is 0 Å². The van der Waals surface area contributed by atoms with E-state index in [9.17, 15) is 23.1 Å². The van der Waals surface area contributed by atoms with Crippen LogP contribution in [0, 0.1) is 0 Å². The minimum atomic E-state index is -4.72. The third-order valence-electron chi connectivity index (χ3n) is 4.20. The summed E-state index contributed by atoms with van der Waals surface area (Å²) < 4.78 is 46.1. The lowest BCUT2D eigenvalue weighted by Gasteiger charge is -2.32. The maximum absolute atomic E-state index is 12.4. The van der Waals surface area contributed by atoms with E-state index in [1.807, 2.05) is 0 Å². The monoisotopic (exact) mass is 381 g/mol. The second-order valence-electron chi connectivity index (χ2n) is 6.18. The molecule has 3 rings (SSSR count). The standard InChI is InChI=1S/C19H18F3NO4/c20-19(21,22)27-17-7-5-15(6-8-17)26-16-9-11-23(12-10-16)18(25)13-1-3-14(24)4-2-13/h1-8,16,24H,9-12H2. The highest BCUT2D eigenvalue weighted by Crippen LogP contribution is 2.26. The van der Waals surface area contributed by atoms with Crippen LogP contribution in [0.3, 0.4) is 0 Å². The van der Waals surface area contributed by atoms with Gasteiger partial charge >= 0.3 is 6.36 Å². The number of benzene rings is 2. The number of carbonyl (C=O) groups is 1. The Bertz CT molecular complexity index is 767. The van der Waals surface area contributed by atoms with Gasteiger partial charge < -0.3 is 19.5 Å². The molecule has 1 amide bonds. The van der Waals surface area contributed by atoms with Gasteiger partial charge in [-0.3, -0.25) is 4.79 Å². The van der Waals surface area contributed by atoms with Crippen LogP contribution in [0.25, 0.3) is 0 Å². The number of nitrogens with zero attached hydrogens (tertiary/aromatic N) is 1. The minimum Gasteiger partial charge on any atom is -0.508 e. The van der Waals surface area contributed by atoms with Crippen LogP contribution in [0.5, 0.6) is 17.2 Å². The molecule has 2 aromatic carbocycles. The summed E-state index contributed by atoms with van der Waals surface area (Å²) in [4.78, 5) is 14.1. The largest absolute Gasteiger partial charge is 0.573 e. The van der Waals surface area contributed by atoms with Crippen LogP contribution in [-0.4, -0.2) is 41.5 Å². The van der Waals surface area contributed by atoms with Crippen molar-refractivity contribution in [2.45, 2.75) is 25.3 Å². The van der Waals surface area contributed by atoms with E-state index in [0.29, 0.717) is 37.2 Å². The minimum absolute atomic E-state index is 0.102. The first-order valence-electron chi connectivity index (χ1n) is 8.41. The lowest BCUT2D eigenvalue weighted by Crippen LogP contribution is -2.41. The molecule has 1 aliphatic rings. The average Bonchev–Trinajstić information content (AvgIpc) is 2.63. The summed E-state index contributed by atoms with van der Waals surface area (Å²) >= 11 is 0. The molecule has 0 radical (unpaired) electrons. The van der Waals surface area contributed by atoms with Crippen molar-refractivity contribution < 1.29 is 32.5 Å². The number of likely N-dealkylation sites (tertiary alicyclic amines) is 1. The predicted molar refractivity (Wildman–Crippen MR) is 90.8 cm³/mol. The summed E-state index contributed by atoms with van der Waals surface area (Å²) in [5, 5.41) is 9.29. The molecule has 27 heavy (non-hydrogen) atoms. The zero-order valence-electron chi connectivity index (χ0n) is 14.3. The van der Waals surface area contributed by atoms with Gasteiger partial charge in [0, 0.05) is 31.5 Å². The van der Waals surface area contributed by atoms with Gasteiger partial charge in [-0.2, -0.15) is 0 Å². The fourth-order valence-corrected chi connectivity index (χ4v) is 2.88. The fourth-order valence-electron chi connectivity index (χ4n) is 2.88. The molecule has 2 aromatic rings. The molecule has 1 heterocycles. The van der Waals surface area contributed by atoms with E-state index in [1.165, 1.54) is 36.4 Å². The predicted octanol–water partition coefficient (Wildman–Crippen LogP) is 3.97. The number of carbonyl (C=O) groups excluding carboxylic acids is 1. The van der Waals surface area contributed by atoms with E-state index in [0.717, 1.165) is 0 Å². The third kappa shape index (κ3) is 5.29. The van der Waals surface area contributed by atoms with Crippen LogP contribution < -0.4 is 9.47 Å². The zero-order valence-corrected chi connectivity index (χ0v) is 14.3. The topological polar surface area (TPSA) is 59.0 Å². The first-order valence-corrected chi connectivity index (χ1v) is 8.41. The van der Waals surface area contributed by atoms with E-state index in [2.05, 4.69) is 4.74 Å². The Labute approximate surface area is 153 Å². The van der Waals surface area contributed by atoms with Crippen molar-refractivity contribution in [1.82, 2.24) is 4.90 Å². The number of rotatable bonds is 4. The summed E-state index contributed by atoms with van der Waals surface area (Å²) in [6, 6.07) is 11.3. The number of halogens is 3. The highest BCUT2D eigenvalue weighted by atomic mass is 19.4. The highest BCUT2D eigenvalue weighted by Gasteiger charge is 2.31. The Kier molecular flexibility index (Phi) is 5.43. The SMILES string of the molecule is O=C(c1ccc(O)cc1)N1CCC(Oc2ccc(OC(F)(F)F)cc2)CC1. The average molecular weight is 381 g/mol. The summed E-state index contributed by atoms with van der Waals surface area (Å²) in [5.41, 5.74) is 0.507. The molecule has 1 N–H and O–H groups in total. The first kappa shape index (κ1) is 18.9. The van der Waals surface area contributed by atoms with Crippen molar-refractivity contribution in [3.05, 3.63) is 54.1 Å². The smallest absolute Gasteiger partial charge is 0.508 e. The molecule has 0 unspecified atom stereocenters. The molecule has 1 saturated heterocycles. The van der Waals surface area contributed by atoms with Crippen LogP contribution in [0.2, 0.25) is 0 Å². The highest BCUT2D eigenvalue weighted by molar-refractivity contribution is 5.94. The molecule has 0 aliphatic carbocycles. The van der Waals surface area contributed by atoms with Crippen LogP contribution >= 0.6 is 0 Å². The van der Waals surface area contributed by atoms with E-state index in [4.69, 9.17) is 4.74 Å². The van der Waals surface area contributed by atoms with Gasteiger partial charge in [0.1, 0.15) is 23.4 Å². The second-order valence-corrected chi connectivity index (χ2v) is 6.18. The Morgan fingerprint density at radius 3 is 2.07 bits per heavy atom. The van der Waals surface area contributed by atoms with Gasteiger partial charge in [-0.1, -0.05) is 0 Å². The Hall–Kier alpha value is -2.90. The van der Waals surface area contributed by atoms with Gasteiger partial charge in [0.15, 0.2) is 0 Å². The van der Waals surface area contributed by atoms with Crippen LogP contribution in [0.4, 0.5) is 13.2 Å². The van der Waals surface area contributed by atoms with E-state index in [-0.39, 0.29) is 23.5 Å². The van der Waals surface area contributed by atoms with Crippen molar-refractivity contribution in [1.29, 1.82) is 0 Å². The Balaban J connectivity index is 1.50. The molecular formula is C19H18F3NO4. The van der Waals surface area contributed by atoms with Crippen molar-refractivity contribution in [3.8, 4) is 17.2 Å². The molecule has 5 nitrogen and oxygen atoms in total. The molecule has 0 bridgehead atoms. The third-order valence-corrected chi connectivity index (χ3v) is 4.20. The zero-order chi connectivity index (χ0) is 19.4. The molecular weight excluding hydrogens is 363 g/mol. The van der Waals surface area contributed by atoms with Gasteiger partial charge in [-0.05, 0) is 48.5 Å². The molecule has 0 aromatic heterocycles.